The lowest BCUT2D eigenvalue weighted by molar-refractivity contribution is 0.618. The Hall–Kier alpha value is -1.30. The number of hydrogen-bond acceptors (Lipinski definition) is 2. The smallest absolute Gasteiger partial charge is 0.138 e. The number of nitrogen functional groups attached to an aromatic ring is 1. The molecule has 0 aliphatic heterocycles. The Morgan fingerprint density at radius 2 is 1.90 bits per heavy atom. The SMILES string of the molecule is CCCN(Cc1ccccc1)c1cc(F)c(I)cc1N. The lowest BCUT2D eigenvalue weighted by Gasteiger charge is -2.26. The van der Waals surface area contributed by atoms with Gasteiger partial charge in [0.1, 0.15) is 5.82 Å². The first kappa shape index (κ1) is 15.1. The van der Waals surface area contributed by atoms with Gasteiger partial charge in [-0.25, -0.2) is 4.39 Å². The van der Waals surface area contributed by atoms with Crippen LogP contribution in [0, 0.1) is 9.39 Å². The van der Waals surface area contributed by atoms with E-state index in [-0.39, 0.29) is 5.82 Å². The van der Waals surface area contributed by atoms with E-state index in [0.29, 0.717) is 9.26 Å². The molecule has 2 nitrogen and oxygen atoms in total. The number of hydrogen-bond donors (Lipinski definition) is 1. The molecule has 0 atom stereocenters. The molecule has 0 radical (unpaired) electrons. The van der Waals surface area contributed by atoms with Crippen molar-refractivity contribution in [2.75, 3.05) is 17.2 Å². The number of nitrogens with zero attached hydrogens (tertiary/aromatic N) is 1. The van der Waals surface area contributed by atoms with E-state index in [1.807, 2.05) is 40.8 Å². The van der Waals surface area contributed by atoms with Crippen molar-refractivity contribution in [3.8, 4) is 0 Å². The molecule has 2 aromatic carbocycles. The van der Waals surface area contributed by atoms with Gasteiger partial charge in [0, 0.05) is 19.2 Å². The first-order valence-corrected chi connectivity index (χ1v) is 7.73. The van der Waals surface area contributed by atoms with Gasteiger partial charge < -0.3 is 10.6 Å². The van der Waals surface area contributed by atoms with Gasteiger partial charge in [-0.15, -0.1) is 0 Å². The van der Waals surface area contributed by atoms with Crippen molar-refractivity contribution in [2.45, 2.75) is 19.9 Å². The Kier molecular flexibility index (Phi) is 5.23. The van der Waals surface area contributed by atoms with Gasteiger partial charge in [0.05, 0.1) is 14.9 Å². The van der Waals surface area contributed by atoms with E-state index in [4.69, 9.17) is 5.73 Å². The lowest BCUT2D eigenvalue weighted by atomic mass is 10.1. The maximum Gasteiger partial charge on any atom is 0.138 e. The zero-order valence-corrected chi connectivity index (χ0v) is 13.6. The highest BCUT2D eigenvalue weighted by atomic mass is 127. The minimum absolute atomic E-state index is 0.219. The monoisotopic (exact) mass is 384 g/mol. The third kappa shape index (κ3) is 3.62. The summed E-state index contributed by atoms with van der Waals surface area (Å²) >= 11 is 1.96. The van der Waals surface area contributed by atoms with Crippen LogP contribution in [0.4, 0.5) is 15.8 Å². The van der Waals surface area contributed by atoms with Gasteiger partial charge in [0.25, 0.3) is 0 Å². The maximum atomic E-state index is 13.8. The van der Waals surface area contributed by atoms with E-state index in [2.05, 4.69) is 24.0 Å². The minimum Gasteiger partial charge on any atom is -0.397 e. The second-order valence-electron chi connectivity index (χ2n) is 4.73. The molecule has 0 amide bonds. The molecule has 2 N–H and O–H groups in total. The fourth-order valence-corrected chi connectivity index (χ4v) is 2.68. The average Bonchev–Trinajstić information content (AvgIpc) is 2.44. The highest BCUT2D eigenvalue weighted by Crippen LogP contribution is 2.29. The summed E-state index contributed by atoms with van der Waals surface area (Å²) in [6, 6.07) is 13.4. The molecule has 20 heavy (non-hydrogen) atoms. The number of halogens is 2. The van der Waals surface area contributed by atoms with Crippen molar-refractivity contribution in [2.24, 2.45) is 0 Å². The Morgan fingerprint density at radius 3 is 2.55 bits per heavy atom. The summed E-state index contributed by atoms with van der Waals surface area (Å²) in [5.41, 5.74) is 8.65. The molecule has 4 heteroatoms. The fraction of sp³-hybridized carbons (Fsp3) is 0.250. The molecule has 0 spiro atoms. The van der Waals surface area contributed by atoms with Crippen LogP contribution in [-0.2, 0) is 6.54 Å². The van der Waals surface area contributed by atoms with Crippen LogP contribution in [-0.4, -0.2) is 6.54 Å². The Morgan fingerprint density at radius 1 is 1.20 bits per heavy atom. The van der Waals surface area contributed by atoms with Crippen LogP contribution in [0.3, 0.4) is 0 Å². The van der Waals surface area contributed by atoms with Crippen LogP contribution < -0.4 is 10.6 Å². The Labute approximate surface area is 132 Å². The number of rotatable bonds is 5. The molecular formula is C16H18FIN2. The average molecular weight is 384 g/mol. The molecule has 0 unspecified atom stereocenters. The summed E-state index contributed by atoms with van der Waals surface area (Å²) in [5.74, 6) is -0.219. The van der Waals surface area contributed by atoms with Gasteiger partial charge in [-0.1, -0.05) is 37.3 Å². The van der Waals surface area contributed by atoms with Gasteiger partial charge in [0.2, 0.25) is 0 Å². The molecule has 106 valence electrons. The molecule has 0 aliphatic carbocycles. The minimum atomic E-state index is -0.219. The van der Waals surface area contributed by atoms with Crippen molar-refractivity contribution < 1.29 is 4.39 Å². The molecule has 0 saturated carbocycles. The summed E-state index contributed by atoms with van der Waals surface area (Å²) in [6.45, 7) is 3.69. The van der Waals surface area contributed by atoms with Crippen LogP contribution in [0.15, 0.2) is 42.5 Å². The third-order valence-electron chi connectivity index (χ3n) is 3.12. The molecule has 0 bridgehead atoms. The number of benzene rings is 2. The largest absolute Gasteiger partial charge is 0.397 e. The molecule has 2 rings (SSSR count). The topological polar surface area (TPSA) is 29.3 Å². The molecule has 0 aromatic heterocycles. The predicted octanol–water partition coefficient (Wildman–Crippen LogP) is 4.43. The Balaban J connectivity index is 2.31. The molecule has 0 heterocycles. The molecule has 0 fully saturated rings. The second-order valence-corrected chi connectivity index (χ2v) is 5.89. The van der Waals surface area contributed by atoms with E-state index in [0.717, 1.165) is 25.2 Å². The molecule has 2 aromatic rings. The van der Waals surface area contributed by atoms with E-state index in [1.165, 1.54) is 11.6 Å². The van der Waals surface area contributed by atoms with Crippen LogP contribution in [0.1, 0.15) is 18.9 Å². The fourth-order valence-electron chi connectivity index (χ4n) is 2.18. The van der Waals surface area contributed by atoms with E-state index in [9.17, 15) is 4.39 Å². The molecular weight excluding hydrogens is 366 g/mol. The van der Waals surface area contributed by atoms with Gasteiger partial charge in [-0.05, 0) is 40.6 Å². The van der Waals surface area contributed by atoms with Gasteiger partial charge in [0.15, 0.2) is 0 Å². The van der Waals surface area contributed by atoms with Crippen LogP contribution in [0.2, 0.25) is 0 Å². The van der Waals surface area contributed by atoms with Gasteiger partial charge >= 0.3 is 0 Å². The molecule has 0 aliphatic rings. The first-order chi connectivity index (χ1) is 9.61. The zero-order valence-electron chi connectivity index (χ0n) is 11.4. The number of anilines is 2. The van der Waals surface area contributed by atoms with Crippen molar-refractivity contribution in [1.82, 2.24) is 0 Å². The molecule has 0 saturated heterocycles. The Bertz CT molecular complexity index is 572. The standard InChI is InChI=1S/C16H18FIN2/c1-2-8-20(11-12-6-4-3-5-7-12)16-9-13(17)14(18)10-15(16)19/h3-7,9-10H,2,8,11,19H2,1H3. The quantitative estimate of drug-likeness (QED) is 0.611. The predicted molar refractivity (Wildman–Crippen MR) is 91.3 cm³/mol. The number of nitrogens with two attached hydrogens (primary N) is 1. The lowest BCUT2D eigenvalue weighted by Crippen LogP contribution is -2.24. The van der Waals surface area contributed by atoms with E-state index in [1.54, 1.807) is 6.07 Å². The van der Waals surface area contributed by atoms with Crippen LogP contribution in [0.5, 0.6) is 0 Å². The summed E-state index contributed by atoms with van der Waals surface area (Å²) < 4.78 is 14.4. The summed E-state index contributed by atoms with van der Waals surface area (Å²) in [4.78, 5) is 2.13. The van der Waals surface area contributed by atoms with Crippen molar-refractivity contribution in [3.05, 3.63) is 57.4 Å². The second kappa shape index (κ2) is 6.92. The van der Waals surface area contributed by atoms with Crippen molar-refractivity contribution in [1.29, 1.82) is 0 Å². The van der Waals surface area contributed by atoms with Gasteiger partial charge in [-0.2, -0.15) is 0 Å². The summed E-state index contributed by atoms with van der Waals surface area (Å²) in [5, 5.41) is 0. The van der Waals surface area contributed by atoms with Gasteiger partial charge in [-0.3, -0.25) is 0 Å². The van der Waals surface area contributed by atoms with Crippen molar-refractivity contribution in [3.63, 3.8) is 0 Å². The highest BCUT2D eigenvalue weighted by molar-refractivity contribution is 14.1. The normalized spacial score (nSPS) is 10.6. The summed E-state index contributed by atoms with van der Waals surface area (Å²) in [6.07, 6.45) is 0.986. The maximum absolute atomic E-state index is 13.8. The first-order valence-electron chi connectivity index (χ1n) is 6.65. The van der Waals surface area contributed by atoms with E-state index >= 15 is 0 Å². The van der Waals surface area contributed by atoms with Crippen molar-refractivity contribution >= 4 is 34.0 Å². The zero-order chi connectivity index (χ0) is 14.5. The highest BCUT2D eigenvalue weighted by Gasteiger charge is 2.13. The van der Waals surface area contributed by atoms with Crippen LogP contribution >= 0.6 is 22.6 Å². The summed E-state index contributed by atoms with van der Waals surface area (Å²) in [7, 11) is 0. The third-order valence-corrected chi connectivity index (χ3v) is 3.95. The van der Waals surface area contributed by atoms with E-state index < -0.39 is 0 Å². The van der Waals surface area contributed by atoms with Crippen LogP contribution in [0.25, 0.3) is 0 Å².